The molecule has 2 aliphatic carbocycles. The fraction of sp³-hybridized carbons (Fsp3) is 0.743. The first-order valence-corrected chi connectivity index (χ1v) is 16.8. The summed E-state index contributed by atoms with van der Waals surface area (Å²) in [6, 6.07) is 1.60. The highest BCUT2D eigenvalue weighted by atomic mass is 16.7. The van der Waals surface area contributed by atoms with E-state index in [0.29, 0.717) is 17.7 Å². The van der Waals surface area contributed by atoms with Gasteiger partial charge in [0.1, 0.15) is 47.5 Å². The minimum atomic E-state index is -1.75. The molecule has 0 bridgehead atoms. The number of carbonyl (C=O) groups is 3. The lowest BCUT2D eigenvalue weighted by atomic mass is 9.37. The summed E-state index contributed by atoms with van der Waals surface area (Å²) in [5, 5.41) is 52.4. The van der Waals surface area contributed by atoms with E-state index < -0.39 is 107 Å². The van der Waals surface area contributed by atoms with Gasteiger partial charge in [-0.15, -0.1) is 0 Å². The van der Waals surface area contributed by atoms with Crippen LogP contribution >= 0.6 is 0 Å². The average molecular weight is 693 g/mol. The molecule has 5 N–H and O–H groups in total. The Morgan fingerprint density at radius 3 is 2.33 bits per heavy atom. The third-order valence-electron chi connectivity index (χ3n) is 12.8. The van der Waals surface area contributed by atoms with E-state index in [-0.39, 0.29) is 25.0 Å². The molecule has 0 aromatic carbocycles. The second kappa shape index (κ2) is 11.9. The second-order valence-corrected chi connectivity index (χ2v) is 15.6. The highest BCUT2D eigenvalue weighted by molar-refractivity contribution is 5.92. The molecule has 272 valence electrons. The van der Waals surface area contributed by atoms with Crippen molar-refractivity contribution in [3.8, 4) is 0 Å². The molecule has 0 amide bonds. The predicted octanol–water partition coefficient (Wildman–Crippen LogP) is 2.02. The monoisotopic (exact) mass is 692 g/mol. The second-order valence-electron chi connectivity index (χ2n) is 15.6. The van der Waals surface area contributed by atoms with Crippen molar-refractivity contribution in [3.05, 3.63) is 36.5 Å². The Morgan fingerprint density at radius 2 is 1.76 bits per heavy atom. The van der Waals surface area contributed by atoms with Crippen LogP contribution in [0.4, 0.5) is 0 Å². The van der Waals surface area contributed by atoms with Gasteiger partial charge < -0.3 is 53.6 Å². The molecule has 3 aliphatic heterocycles. The highest BCUT2D eigenvalue weighted by Crippen LogP contribution is 2.77. The van der Waals surface area contributed by atoms with Crippen LogP contribution < -0.4 is 0 Å². The molecule has 14 heteroatoms. The molecule has 4 heterocycles. The summed E-state index contributed by atoms with van der Waals surface area (Å²) >= 11 is 0. The maximum Gasteiger partial charge on any atom is 0.335 e. The molecule has 1 spiro atoms. The number of hydrogen-bond donors (Lipinski definition) is 5. The van der Waals surface area contributed by atoms with Gasteiger partial charge in [-0.25, -0.2) is 4.79 Å². The van der Waals surface area contributed by atoms with Gasteiger partial charge in [0, 0.05) is 42.1 Å². The standard InChI is InChI=1S/C35H48O14/c1-16-12-23(45-17(2)37)33(6)20-8-10-32(5,27(18-9-11-44-15-18)47-30-26(41)25(40)24(39)19(14-36)46-30)35(28(49-35)29(42)43)34(20,7)22(38)13-21(33)31(3,4)48-16/h9,11,15,19-21,23-28,30,36,39-41H,1,8,10,12-14H2,2-7H3,(H,42,43). The zero-order valence-electron chi connectivity index (χ0n) is 28.7. The first-order valence-electron chi connectivity index (χ1n) is 16.8. The fourth-order valence-corrected chi connectivity index (χ4v) is 10.6. The van der Waals surface area contributed by atoms with Gasteiger partial charge in [-0.3, -0.25) is 9.59 Å². The number of aliphatic carboxylic acids is 1. The van der Waals surface area contributed by atoms with Crippen molar-refractivity contribution in [1.29, 1.82) is 0 Å². The number of esters is 1. The van der Waals surface area contributed by atoms with E-state index in [1.54, 1.807) is 19.9 Å². The van der Waals surface area contributed by atoms with Crippen LogP contribution in [0, 0.1) is 28.1 Å². The molecule has 14 unspecified atom stereocenters. The number of epoxide rings is 1. The number of aliphatic hydroxyl groups is 4. The number of aliphatic hydroxyl groups excluding tert-OH is 4. The van der Waals surface area contributed by atoms with Crippen LogP contribution in [-0.2, 0) is 38.1 Å². The van der Waals surface area contributed by atoms with Crippen LogP contribution in [0.15, 0.2) is 35.3 Å². The van der Waals surface area contributed by atoms with Gasteiger partial charge in [0.25, 0.3) is 0 Å². The maximum atomic E-state index is 14.9. The summed E-state index contributed by atoms with van der Waals surface area (Å²) in [4.78, 5) is 40.4. The molecule has 0 radical (unpaired) electrons. The molecule has 5 fully saturated rings. The Hall–Kier alpha value is -2.85. The van der Waals surface area contributed by atoms with Crippen molar-refractivity contribution in [1.82, 2.24) is 0 Å². The van der Waals surface area contributed by atoms with Gasteiger partial charge in [0.05, 0.1) is 36.4 Å². The van der Waals surface area contributed by atoms with Crippen LogP contribution in [0.25, 0.3) is 0 Å². The number of hydrogen-bond acceptors (Lipinski definition) is 13. The molecule has 3 saturated heterocycles. The average Bonchev–Trinajstić information content (AvgIpc) is 3.60. The predicted molar refractivity (Wildman–Crippen MR) is 166 cm³/mol. The number of carboxylic acid groups (broad SMARTS) is 1. The molecule has 5 aliphatic rings. The summed E-state index contributed by atoms with van der Waals surface area (Å²) in [5.41, 5.74) is -5.87. The van der Waals surface area contributed by atoms with E-state index in [2.05, 4.69) is 6.58 Å². The number of carboxylic acids is 1. The highest BCUT2D eigenvalue weighted by Gasteiger charge is 2.87. The van der Waals surface area contributed by atoms with Gasteiger partial charge in [0.15, 0.2) is 12.4 Å². The first kappa shape index (κ1) is 36.0. The first-order chi connectivity index (χ1) is 22.8. The van der Waals surface area contributed by atoms with Crippen LogP contribution in [0.2, 0.25) is 0 Å². The third-order valence-corrected chi connectivity index (χ3v) is 12.8. The Kier molecular flexibility index (Phi) is 8.70. The summed E-state index contributed by atoms with van der Waals surface area (Å²) in [7, 11) is 0. The van der Waals surface area contributed by atoms with E-state index in [9.17, 15) is 39.9 Å². The van der Waals surface area contributed by atoms with E-state index >= 15 is 0 Å². The van der Waals surface area contributed by atoms with Crippen molar-refractivity contribution in [2.24, 2.45) is 28.1 Å². The van der Waals surface area contributed by atoms with E-state index in [1.165, 1.54) is 19.5 Å². The molecule has 14 nitrogen and oxygen atoms in total. The van der Waals surface area contributed by atoms with Crippen molar-refractivity contribution in [2.75, 3.05) is 6.61 Å². The molecule has 2 saturated carbocycles. The summed E-state index contributed by atoms with van der Waals surface area (Å²) in [6.45, 7) is 14.0. The number of furan rings is 1. The zero-order valence-corrected chi connectivity index (χ0v) is 28.7. The lowest BCUT2D eigenvalue weighted by molar-refractivity contribution is -0.328. The molecular formula is C35H48O14. The van der Waals surface area contributed by atoms with Crippen LogP contribution in [0.5, 0.6) is 0 Å². The Labute approximate surface area is 284 Å². The van der Waals surface area contributed by atoms with Gasteiger partial charge in [0.2, 0.25) is 0 Å². The number of ketones is 1. The van der Waals surface area contributed by atoms with Crippen molar-refractivity contribution >= 4 is 17.7 Å². The van der Waals surface area contributed by atoms with Gasteiger partial charge in [-0.1, -0.05) is 20.4 Å². The number of ether oxygens (including phenoxy) is 5. The van der Waals surface area contributed by atoms with Crippen molar-refractivity contribution in [3.63, 3.8) is 0 Å². The van der Waals surface area contributed by atoms with Gasteiger partial charge in [-0.2, -0.15) is 0 Å². The van der Waals surface area contributed by atoms with Crippen LogP contribution in [0.1, 0.15) is 78.9 Å². The number of Topliss-reactive ketones (excluding diaryl/α,β-unsaturated/α-hetero) is 1. The molecule has 14 atom stereocenters. The van der Waals surface area contributed by atoms with Gasteiger partial charge >= 0.3 is 11.9 Å². The molecular weight excluding hydrogens is 644 g/mol. The van der Waals surface area contributed by atoms with E-state index in [0.717, 1.165) is 0 Å². The lowest BCUT2D eigenvalue weighted by Gasteiger charge is -2.65. The lowest BCUT2D eigenvalue weighted by Crippen LogP contribution is -2.72. The summed E-state index contributed by atoms with van der Waals surface area (Å²) in [6.07, 6.45) is -7.79. The summed E-state index contributed by atoms with van der Waals surface area (Å²) < 4.78 is 36.3. The molecule has 1 aromatic rings. The number of carbonyl (C=O) groups excluding carboxylic acids is 2. The SMILES string of the molecule is C=C1CC(OC(C)=O)C2(C)C(CC(=O)C3(C)C2CCC(C)(C(OC2OC(CO)C(O)C(O)C2O)c2ccoc2)C32OC2C(=O)O)C(C)(C)O1. The summed E-state index contributed by atoms with van der Waals surface area (Å²) in [5.74, 6) is -2.63. The Balaban J connectivity index is 1.51. The minimum Gasteiger partial charge on any atom is -0.492 e. The maximum absolute atomic E-state index is 14.9. The fourth-order valence-electron chi connectivity index (χ4n) is 10.6. The van der Waals surface area contributed by atoms with Crippen LogP contribution in [-0.4, -0.2) is 104 Å². The number of fused-ring (bicyclic) bond motifs is 4. The molecule has 6 rings (SSSR count). The van der Waals surface area contributed by atoms with Gasteiger partial charge in [-0.05, 0) is 45.6 Å². The Morgan fingerprint density at radius 1 is 1.06 bits per heavy atom. The molecule has 1 aromatic heterocycles. The quantitative estimate of drug-likeness (QED) is 0.204. The normalized spacial score (nSPS) is 46.5. The largest absolute Gasteiger partial charge is 0.492 e. The van der Waals surface area contributed by atoms with Crippen molar-refractivity contribution < 1.29 is 68.0 Å². The smallest absolute Gasteiger partial charge is 0.335 e. The number of rotatable bonds is 7. The molecule has 49 heavy (non-hydrogen) atoms. The van der Waals surface area contributed by atoms with E-state index in [1.807, 2.05) is 20.8 Å². The van der Waals surface area contributed by atoms with E-state index in [4.69, 9.17) is 28.1 Å². The van der Waals surface area contributed by atoms with Crippen LogP contribution in [0.3, 0.4) is 0 Å². The third kappa shape index (κ3) is 4.96. The Bertz CT molecular complexity index is 1490. The zero-order chi connectivity index (χ0) is 36.1. The minimum absolute atomic E-state index is 0.0288. The van der Waals surface area contributed by atoms with Crippen molar-refractivity contribution in [2.45, 2.75) is 127 Å². The topological polar surface area (TPSA) is 215 Å².